The van der Waals surface area contributed by atoms with E-state index in [1.165, 1.54) is 0 Å². The van der Waals surface area contributed by atoms with Crippen molar-refractivity contribution in [2.45, 2.75) is 49.6 Å². The second kappa shape index (κ2) is 11.0. The molecule has 1 saturated carbocycles. The summed E-state index contributed by atoms with van der Waals surface area (Å²) in [5, 5.41) is 9.41. The van der Waals surface area contributed by atoms with Crippen molar-refractivity contribution in [3.8, 4) is 0 Å². The lowest BCUT2D eigenvalue weighted by atomic mass is 9.84. The molecule has 2 heterocycles. The van der Waals surface area contributed by atoms with Gasteiger partial charge in [0.15, 0.2) is 0 Å². The lowest BCUT2D eigenvalue weighted by Gasteiger charge is -2.27. The number of nitrogens with zero attached hydrogens (tertiary/aromatic N) is 1. The van der Waals surface area contributed by atoms with Crippen LogP contribution in [0.5, 0.6) is 0 Å². The smallest absolute Gasteiger partial charge is 0.475 e. The highest BCUT2D eigenvalue weighted by molar-refractivity contribution is 7.90. The maximum atomic E-state index is 12.7. The van der Waals surface area contributed by atoms with Gasteiger partial charge >= 0.3 is 12.1 Å². The molecule has 1 aliphatic heterocycles. The molecule has 2 aliphatic rings. The summed E-state index contributed by atoms with van der Waals surface area (Å²) in [6.45, 7) is 0. The summed E-state index contributed by atoms with van der Waals surface area (Å²) in [4.78, 5) is 41.1. The fraction of sp³-hybridized carbons (Fsp3) is 0.360. The van der Waals surface area contributed by atoms with Gasteiger partial charge in [-0.25, -0.2) is 18.2 Å². The Morgan fingerprint density at radius 1 is 1.10 bits per heavy atom. The van der Waals surface area contributed by atoms with Gasteiger partial charge in [-0.2, -0.15) is 13.2 Å². The summed E-state index contributed by atoms with van der Waals surface area (Å²) < 4.78 is 58.0. The molecule has 3 aromatic rings. The van der Waals surface area contributed by atoms with Gasteiger partial charge in [0.1, 0.15) is 11.1 Å². The Hall–Kier alpha value is -3.94. The maximum Gasteiger partial charge on any atom is 0.490 e. The number of carbonyl (C=O) groups excluding carboxylic acids is 2. The summed E-state index contributed by atoms with van der Waals surface area (Å²) in [5.74, 6) is -2.45. The summed E-state index contributed by atoms with van der Waals surface area (Å²) in [7, 11) is -3.68. The number of sulfonamides is 1. The third kappa shape index (κ3) is 6.74. The fourth-order valence-corrected chi connectivity index (χ4v) is 5.69. The van der Waals surface area contributed by atoms with E-state index in [1.807, 2.05) is 41.1 Å². The molecule has 2 amide bonds. The highest BCUT2D eigenvalue weighted by Crippen LogP contribution is 2.31. The Bertz CT molecular complexity index is 1450. The number of H-pyrrole nitrogens is 1. The second-order valence-electron chi connectivity index (χ2n) is 9.34. The number of hydrogen-bond donors (Lipinski definition) is 4. The van der Waals surface area contributed by atoms with Gasteiger partial charge in [0.05, 0.1) is 23.5 Å². The Kier molecular flexibility index (Phi) is 7.95. The van der Waals surface area contributed by atoms with Gasteiger partial charge in [-0.3, -0.25) is 14.3 Å². The third-order valence-electron chi connectivity index (χ3n) is 6.57. The van der Waals surface area contributed by atoms with Crippen molar-refractivity contribution in [1.82, 2.24) is 20.0 Å². The van der Waals surface area contributed by atoms with Crippen LogP contribution in [0, 0.1) is 5.92 Å². The van der Waals surface area contributed by atoms with Gasteiger partial charge in [-0.05, 0) is 42.5 Å². The zero-order valence-electron chi connectivity index (χ0n) is 20.4. The number of carbonyl (C=O) groups is 3. The molecule has 39 heavy (non-hydrogen) atoms. The maximum absolute atomic E-state index is 12.7. The number of halogens is 3. The standard InChI is InChI=1S/C23H24N4O4S.C2HF3O2/c28-21-13-20(32(30,31)27-21)15-10-8-14(9-11-15)12-19(26-23(29)16-4-3-5-16)22-24-17-6-1-2-7-18(17)25-22;3-2(4,5)1(6)7/h1-2,6-11,16,19-20H,3-5,12-13H2,(H,24,25)(H,26,29)(H,27,28);(H,6,7)/t19-,20?;/m0./s1. The molecule has 10 nitrogen and oxygen atoms in total. The lowest BCUT2D eigenvalue weighted by molar-refractivity contribution is -0.192. The van der Waals surface area contributed by atoms with Crippen LogP contribution >= 0.6 is 0 Å². The molecule has 0 spiro atoms. The molecule has 208 valence electrons. The number of aliphatic carboxylic acids is 1. The number of para-hydroxylation sites is 2. The normalized spacial score (nSPS) is 19.4. The number of aromatic nitrogens is 2. The SMILES string of the molecule is O=C(O)C(F)(F)F.O=C1CC(c2ccc(C[C@H](NC(=O)C3CCC3)c3nc4ccccc4[nH]3)cc2)S(=O)(=O)N1. The van der Waals surface area contributed by atoms with Crippen LogP contribution in [0.4, 0.5) is 13.2 Å². The Labute approximate surface area is 221 Å². The van der Waals surface area contributed by atoms with Crippen LogP contribution in [0.1, 0.15) is 53.9 Å². The van der Waals surface area contributed by atoms with Crippen LogP contribution in [-0.2, 0) is 30.8 Å². The molecular formula is C25H25F3N4O6S. The van der Waals surface area contributed by atoms with Crippen LogP contribution < -0.4 is 10.0 Å². The quantitative estimate of drug-likeness (QED) is 0.356. The minimum atomic E-state index is -5.08. The van der Waals surface area contributed by atoms with Crippen molar-refractivity contribution < 1.29 is 41.1 Å². The van der Waals surface area contributed by atoms with Gasteiger partial charge in [-0.1, -0.05) is 42.8 Å². The van der Waals surface area contributed by atoms with Crippen LogP contribution in [0.25, 0.3) is 11.0 Å². The van der Waals surface area contributed by atoms with Gasteiger partial charge in [0.25, 0.3) is 0 Å². The number of fused-ring (bicyclic) bond motifs is 1. The molecule has 0 bridgehead atoms. The molecule has 1 saturated heterocycles. The Balaban J connectivity index is 0.000000448. The van der Waals surface area contributed by atoms with Crippen molar-refractivity contribution in [2.75, 3.05) is 0 Å². The first-order chi connectivity index (χ1) is 18.3. The molecule has 2 atom stereocenters. The molecule has 1 aliphatic carbocycles. The first-order valence-electron chi connectivity index (χ1n) is 12.0. The average Bonchev–Trinajstić information content (AvgIpc) is 3.37. The van der Waals surface area contributed by atoms with E-state index < -0.39 is 33.3 Å². The molecule has 1 unspecified atom stereocenters. The number of benzene rings is 2. The van der Waals surface area contributed by atoms with Gasteiger partial charge in [0.2, 0.25) is 21.8 Å². The molecule has 1 aromatic heterocycles. The summed E-state index contributed by atoms with van der Waals surface area (Å²) >= 11 is 0. The third-order valence-corrected chi connectivity index (χ3v) is 8.27. The topological polar surface area (TPSA) is 158 Å². The first kappa shape index (κ1) is 28.1. The molecule has 14 heteroatoms. The predicted octanol–water partition coefficient (Wildman–Crippen LogP) is 3.29. The number of aromatic amines is 1. The Morgan fingerprint density at radius 2 is 1.74 bits per heavy atom. The number of amides is 2. The van der Waals surface area contributed by atoms with E-state index in [4.69, 9.17) is 9.90 Å². The lowest BCUT2D eigenvalue weighted by Crippen LogP contribution is -2.38. The number of rotatable bonds is 6. The monoisotopic (exact) mass is 566 g/mol. The molecule has 2 fully saturated rings. The summed E-state index contributed by atoms with van der Waals surface area (Å²) in [5.41, 5.74) is 3.25. The van der Waals surface area contributed by atoms with Crippen LogP contribution in [0.3, 0.4) is 0 Å². The molecular weight excluding hydrogens is 541 g/mol. The van der Waals surface area contributed by atoms with Crippen LogP contribution in [0.2, 0.25) is 0 Å². The Morgan fingerprint density at radius 3 is 2.26 bits per heavy atom. The van der Waals surface area contributed by atoms with Gasteiger partial charge < -0.3 is 15.4 Å². The minimum Gasteiger partial charge on any atom is -0.475 e. The fourth-order valence-electron chi connectivity index (χ4n) is 4.26. The van der Waals surface area contributed by atoms with Crippen molar-refractivity contribution in [2.24, 2.45) is 5.92 Å². The average molecular weight is 567 g/mol. The first-order valence-corrected chi connectivity index (χ1v) is 13.6. The summed E-state index contributed by atoms with van der Waals surface area (Å²) in [6.07, 6.45) is -1.74. The van der Waals surface area contributed by atoms with E-state index in [0.29, 0.717) is 17.8 Å². The number of carboxylic acid groups (broad SMARTS) is 1. The predicted molar refractivity (Wildman–Crippen MR) is 133 cm³/mol. The van der Waals surface area contributed by atoms with Crippen molar-refractivity contribution >= 4 is 38.8 Å². The molecule has 2 aromatic carbocycles. The van der Waals surface area contributed by atoms with E-state index in [-0.39, 0.29) is 24.3 Å². The molecule has 5 rings (SSSR count). The largest absolute Gasteiger partial charge is 0.490 e. The van der Waals surface area contributed by atoms with Crippen LogP contribution in [-0.4, -0.2) is 47.5 Å². The number of alkyl halides is 3. The van der Waals surface area contributed by atoms with E-state index in [1.54, 1.807) is 12.1 Å². The van der Waals surface area contributed by atoms with E-state index in [2.05, 4.69) is 15.3 Å². The van der Waals surface area contributed by atoms with E-state index in [0.717, 1.165) is 35.9 Å². The van der Waals surface area contributed by atoms with E-state index in [9.17, 15) is 31.2 Å². The van der Waals surface area contributed by atoms with E-state index >= 15 is 0 Å². The molecule has 0 radical (unpaired) electrons. The highest BCUT2D eigenvalue weighted by Gasteiger charge is 2.39. The number of carboxylic acids is 1. The highest BCUT2D eigenvalue weighted by atomic mass is 32.2. The second-order valence-corrected chi connectivity index (χ2v) is 11.2. The zero-order valence-corrected chi connectivity index (χ0v) is 21.2. The number of nitrogens with one attached hydrogen (secondary N) is 3. The summed E-state index contributed by atoms with van der Waals surface area (Å²) in [6, 6.07) is 14.6. The number of imidazole rings is 1. The van der Waals surface area contributed by atoms with Crippen molar-refractivity contribution in [3.05, 3.63) is 65.5 Å². The minimum absolute atomic E-state index is 0.0416. The van der Waals surface area contributed by atoms with Crippen molar-refractivity contribution in [1.29, 1.82) is 0 Å². The van der Waals surface area contributed by atoms with Crippen LogP contribution in [0.15, 0.2) is 48.5 Å². The number of hydrogen-bond acceptors (Lipinski definition) is 6. The molecule has 4 N–H and O–H groups in total. The zero-order chi connectivity index (χ0) is 28.4. The van der Waals surface area contributed by atoms with Crippen molar-refractivity contribution in [3.63, 3.8) is 0 Å². The van der Waals surface area contributed by atoms with Gasteiger partial charge in [-0.15, -0.1) is 0 Å². The van der Waals surface area contributed by atoms with Gasteiger partial charge in [0, 0.05) is 5.92 Å².